The highest BCUT2D eigenvalue weighted by Crippen LogP contribution is 2.27. The topological polar surface area (TPSA) is 125 Å². The Morgan fingerprint density at radius 1 is 1.21 bits per heavy atom. The second-order valence-corrected chi connectivity index (χ2v) is 4.94. The van der Waals surface area contributed by atoms with E-state index < -0.39 is 11.0 Å². The summed E-state index contributed by atoms with van der Waals surface area (Å²) in [6.07, 6.45) is 0. The average Bonchev–Trinajstić information content (AvgIpc) is 2.53. The van der Waals surface area contributed by atoms with Crippen LogP contribution in [0.15, 0.2) is 42.5 Å². The van der Waals surface area contributed by atoms with Crippen molar-refractivity contribution >= 4 is 23.2 Å². The van der Waals surface area contributed by atoms with Crippen molar-refractivity contribution in [1.82, 2.24) is 0 Å². The van der Waals surface area contributed by atoms with Gasteiger partial charge in [0, 0.05) is 17.3 Å². The zero-order chi connectivity index (χ0) is 17.7. The highest BCUT2D eigenvalue weighted by atomic mass is 16.6. The fourth-order valence-corrected chi connectivity index (χ4v) is 2.07. The zero-order valence-electron chi connectivity index (χ0n) is 12.8. The first-order valence-corrected chi connectivity index (χ1v) is 6.95. The van der Waals surface area contributed by atoms with Crippen LogP contribution in [0.25, 0.3) is 0 Å². The number of Topliss-reactive ketones (excluding diaryl/α,β-unsaturated/α-hetero) is 1. The number of urea groups is 1. The van der Waals surface area contributed by atoms with Crippen LogP contribution in [0, 0.1) is 17.0 Å². The number of carbonyl (C=O) groups excluding carboxylic acids is 2. The van der Waals surface area contributed by atoms with Crippen LogP contribution < -0.4 is 15.8 Å². The molecule has 0 radical (unpaired) electrons. The van der Waals surface area contributed by atoms with Crippen molar-refractivity contribution in [3.8, 4) is 5.75 Å². The number of amides is 2. The van der Waals surface area contributed by atoms with Gasteiger partial charge in [-0.3, -0.25) is 14.9 Å². The summed E-state index contributed by atoms with van der Waals surface area (Å²) in [5, 5.41) is 13.3. The maximum Gasteiger partial charge on any atom is 0.316 e. The summed E-state index contributed by atoms with van der Waals surface area (Å²) in [6, 6.07) is 9.86. The molecule has 0 aliphatic carbocycles. The van der Waals surface area contributed by atoms with Crippen LogP contribution in [0.1, 0.15) is 15.9 Å². The van der Waals surface area contributed by atoms with Crippen LogP contribution in [0.4, 0.5) is 16.2 Å². The fraction of sp³-hybridized carbons (Fsp3) is 0.125. The number of primary amides is 1. The third-order valence-electron chi connectivity index (χ3n) is 3.29. The molecule has 0 atom stereocenters. The Hall–Kier alpha value is -3.42. The standard InChI is InChI=1S/C16H15N3O5/c1-10-13(19(22)23)3-2-4-15(10)24-9-14(20)11-5-7-12(8-6-11)18-16(17)21/h2-8H,9H2,1H3,(H3,17,18,21). The fourth-order valence-electron chi connectivity index (χ4n) is 2.07. The molecule has 0 aliphatic heterocycles. The molecule has 2 aromatic carbocycles. The Bertz CT molecular complexity index is 787. The Balaban J connectivity index is 2.04. The normalized spacial score (nSPS) is 10.0. The minimum absolute atomic E-state index is 0.0678. The minimum Gasteiger partial charge on any atom is -0.485 e. The Morgan fingerprint density at radius 2 is 1.88 bits per heavy atom. The highest BCUT2D eigenvalue weighted by Gasteiger charge is 2.15. The number of hydrogen-bond acceptors (Lipinski definition) is 5. The van der Waals surface area contributed by atoms with Crippen molar-refractivity contribution in [3.63, 3.8) is 0 Å². The molecule has 124 valence electrons. The maximum atomic E-state index is 12.1. The molecule has 2 amide bonds. The van der Waals surface area contributed by atoms with Crippen molar-refractivity contribution in [1.29, 1.82) is 0 Å². The molecule has 0 aliphatic rings. The molecule has 0 bridgehead atoms. The first kappa shape index (κ1) is 16.9. The lowest BCUT2D eigenvalue weighted by molar-refractivity contribution is -0.385. The lowest BCUT2D eigenvalue weighted by Crippen LogP contribution is -2.19. The van der Waals surface area contributed by atoms with Crippen LogP contribution in [0.2, 0.25) is 0 Å². The highest BCUT2D eigenvalue weighted by molar-refractivity contribution is 5.98. The predicted octanol–water partition coefficient (Wildman–Crippen LogP) is 2.66. The number of nitro groups is 1. The number of rotatable bonds is 6. The summed E-state index contributed by atoms with van der Waals surface area (Å²) in [5.41, 5.74) is 6.14. The predicted molar refractivity (Wildman–Crippen MR) is 87.3 cm³/mol. The van der Waals surface area contributed by atoms with Gasteiger partial charge in [-0.15, -0.1) is 0 Å². The Morgan fingerprint density at radius 3 is 2.46 bits per heavy atom. The van der Waals surface area contributed by atoms with Gasteiger partial charge in [-0.05, 0) is 37.3 Å². The molecule has 2 rings (SSSR count). The zero-order valence-corrected chi connectivity index (χ0v) is 12.8. The number of ketones is 1. The number of nitrogens with two attached hydrogens (primary N) is 1. The average molecular weight is 329 g/mol. The number of anilines is 1. The van der Waals surface area contributed by atoms with Crippen LogP contribution >= 0.6 is 0 Å². The molecule has 0 saturated heterocycles. The minimum atomic E-state index is -0.696. The summed E-state index contributed by atoms with van der Waals surface area (Å²) in [5.74, 6) is -0.0175. The Labute approximate surface area is 137 Å². The van der Waals surface area contributed by atoms with Crippen LogP contribution in [0.5, 0.6) is 5.75 Å². The van der Waals surface area contributed by atoms with Crippen molar-refractivity contribution in [3.05, 3.63) is 63.7 Å². The van der Waals surface area contributed by atoms with Gasteiger partial charge in [0.05, 0.1) is 10.5 Å². The molecule has 0 aromatic heterocycles. The van der Waals surface area contributed by atoms with E-state index in [-0.39, 0.29) is 23.8 Å². The Kier molecular flexibility index (Phi) is 5.10. The quantitative estimate of drug-likeness (QED) is 0.479. The summed E-state index contributed by atoms with van der Waals surface area (Å²) < 4.78 is 5.39. The third-order valence-corrected chi connectivity index (χ3v) is 3.29. The summed E-state index contributed by atoms with van der Waals surface area (Å²) in [6.45, 7) is 1.30. The van der Waals surface area contributed by atoms with Gasteiger partial charge in [0.15, 0.2) is 12.4 Å². The number of nitro benzene ring substituents is 1. The summed E-state index contributed by atoms with van der Waals surface area (Å²) in [4.78, 5) is 33.2. The van der Waals surface area contributed by atoms with Gasteiger partial charge in [-0.25, -0.2) is 4.79 Å². The van der Waals surface area contributed by atoms with Crippen molar-refractivity contribution in [2.75, 3.05) is 11.9 Å². The van der Waals surface area contributed by atoms with E-state index in [1.807, 2.05) is 0 Å². The summed E-state index contributed by atoms with van der Waals surface area (Å²) in [7, 11) is 0. The van der Waals surface area contributed by atoms with Gasteiger partial charge in [0.2, 0.25) is 0 Å². The molecule has 3 N–H and O–H groups in total. The van der Waals surface area contributed by atoms with Crippen molar-refractivity contribution in [2.24, 2.45) is 5.73 Å². The number of benzene rings is 2. The van der Waals surface area contributed by atoms with E-state index in [1.165, 1.54) is 36.4 Å². The molecule has 24 heavy (non-hydrogen) atoms. The van der Waals surface area contributed by atoms with Gasteiger partial charge in [0.1, 0.15) is 5.75 Å². The molecule has 0 spiro atoms. The number of nitrogens with zero attached hydrogens (tertiary/aromatic N) is 1. The first-order valence-electron chi connectivity index (χ1n) is 6.95. The smallest absolute Gasteiger partial charge is 0.316 e. The second-order valence-electron chi connectivity index (χ2n) is 4.94. The maximum absolute atomic E-state index is 12.1. The molecule has 2 aromatic rings. The monoisotopic (exact) mass is 329 g/mol. The van der Waals surface area contributed by atoms with E-state index in [9.17, 15) is 19.7 Å². The molecular weight excluding hydrogens is 314 g/mol. The van der Waals surface area contributed by atoms with Gasteiger partial charge in [-0.2, -0.15) is 0 Å². The molecule has 0 heterocycles. The second kappa shape index (κ2) is 7.23. The summed E-state index contributed by atoms with van der Waals surface area (Å²) >= 11 is 0. The first-order chi connectivity index (χ1) is 11.4. The van der Waals surface area contributed by atoms with Crippen LogP contribution in [-0.4, -0.2) is 23.3 Å². The lowest BCUT2D eigenvalue weighted by Gasteiger charge is -2.09. The molecule has 0 fully saturated rings. The van der Waals surface area contributed by atoms with E-state index >= 15 is 0 Å². The number of carbonyl (C=O) groups is 2. The van der Waals surface area contributed by atoms with Crippen molar-refractivity contribution < 1.29 is 19.2 Å². The lowest BCUT2D eigenvalue weighted by atomic mass is 10.1. The van der Waals surface area contributed by atoms with E-state index in [2.05, 4.69) is 5.32 Å². The third kappa shape index (κ3) is 4.07. The number of ether oxygens (including phenoxy) is 1. The van der Waals surface area contributed by atoms with Gasteiger partial charge >= 0.3 is 6.03 Å². The molecule has 0 saturated carbocycles. The molecule has 0 unspecified atom stereocenters. The van der Waals surface area contributed by atoms with Gasteiger partial charge < -0.3 is 15.8 Å². The van der Waals surface area contributed by atoms with Gasteiger partial charge in [-0.1, -0.05) is 6.07 Å². The van der Waals surface area contributed by atoms with Gasteiger partial charge in [0.25, 0.3) is 5.69 Å². The van der Waals surface area contributed by atoms with E-state index in [4.69, 9.17) is 10.5 Å². The van der Waals surface area contributed by atoms with E-state index in [0.29, 0.717) is 16.8 Å². The molecule has 8 heteroatoms. The molecular formula is C16H15N3O5. The number of nitrogens with one attached hydrogen (secondary N) is 1. The van der Waals surface area contributed by atoms with Crippen LogP contribution in [0.3, 0.4) is 0 Å². The SMILES string of the molecule is Cc1c(OCC(=O)c2ccc(NC(N)=O)cc2)cccc1[N+](=O)[O-]. The van der Waals surface area contributed by atoms with Crippen molar-refractivity contribution in [2.45, 2.75) is 6.92 Å². The van der Waals surface area contributed by atoms with E-state index in [1.54, 1.807) is 13.0 Å². The van der Waals surface area contributed by atoms with E-state index in [0.717, 1.165) is 0 Å². The largest absolute Gasteiger partial charge is 0.485 e. The van der Waals surface area contributed by atoms with Crippen LogP contribution in [-0.2, 0) is 0 Å². The number of hydrogen-bond donors (Lipinski definition) is 2. The molecule has 8 nitrogen and oxygen atoms in total.